The molecular weight excluding hydrogens is 294 g/mol. The Labute approximate surface area is 114 Å². The highest BCUT2D eigenvalue weighted by Crippen LogP contribution is 2.21. The molecule has 2 N–H and O–H groups in total. The Balaban J connectivity index is 2.34. The van der Waals surface area contributed by atoms with Crippen molar-refractivity contribution in [3.8, 4) is 0 Å². The van der Waals surface area contributed by atoms with E-state index in [1.807, 2.05) is 6.07 Å². The lowest BCUT2D eigenvalue weighted by Crippen LogP contribution is -2.27. The molecule has 1 heterocycles. The highest BCUT2D eigenvalue weighted by molar-refractivity contribution is 9.10. The van der Waals surface area contributed by atoms with Crippen molar-refractivity contribution in [1.82, 2.24) is 4.98 Å². The number of anilines is 2. The highest BCUT2D eigenvalue weighted by Gasteiger charge is 2.16. The first kappa shape index (κ1) is 12.6. The minimum atomic E-state index is -0.187. The van der Waals surface area contributed by atoms with Crippen LogP contribution in [0, 0.1) is 0 Å². The molecule has 1 aromatic heterocycles. The fourth-order valence-corrected chi connectivity index (χ4v) is 1.91. The number of nitrogens with zero attached hydrogens (tertiary/aromatic N) is 2. The third-order valence-corrected chi connectivity index (χ3v) is 3.04. The van der Waals surface area contributed by atoms with E-state index in [9.17, 15) is 4.79 Å². The van der Waals surface area contributed by atoms with Crippen molar-refractivity contribution in [2.45, 2.75) is 0 Å². The van der Waals surface area contributed by atoms with Crippen molar-refractivity contribution >= 4 is 33.3 Å². The summed E-state index contributed by atoms with van der Waals surface area (Å²) in [7, 11) is 1.67. The number of amides is 1. The quantitative estimate of drug-likeness (QED) is 0.868. The van der Waals surface area contributed by atoms with Gasteiger partial charge in [-0.05, 0) is 30.3 Å². The topological polar surface area (TPSA) is 59.2 Å². The molecule has 0 aliphatic heterocycles. The lowest BCUT2D eigenvalue weighted by molar-refractivity contribution is 0.0993. The number of halogens is 1. The Morgan fingerprint density at radius 1 is 1.33 bits per heavy atom. The van der Waals surface area contributed by atoms with Gasteiger partial charge in [0.2, 0.25) is 0 Å². The van der Waals surface area contributed by atoms with Gasteiger partial charge >= 0.3 is 0 Å². The predicted molar refractivity (Wildman–Crippen MR) is 75.5 cm³/mol. The molecule has 2 rings (SSSR count). The second-order valence-electron chi connectivity index (χ2n) is 3.78. The Hall–Kier alpha value is -1.88. The zero-order chi connectivity index (χ0) is 13.1. The number of hydrogen-bond donors (Lipinski definition) is 1. The van der Waals surface area contributed by atoms with Gasteiger partial charge in [-0.1, -0.05) is 22.0 Å². The van der Waals surface area contributed by atoms with Crippen molar-refractivity contribution < 1.29 is 4.79 Å². The predicted octanol–water partition coefficient (Wildman–Crippen LogP) is 2.70. The molecule has 0 atom stereocenters. The molecule has 18 heavy (non-hydrogen) atoms. The van der Waals surface area contributed by atoms with Crippen LogP contribution >= 0.6 is 15.9 Å². The second kappa shape index (κ2) is 5.18. The summed E-state index contributed by atoms with van der Waals surface area (Å²) in [4.78, 5) is 17.9. The molecule has 0 fully saturated rings. The first-order valence-corrected chi connectivity index (χ1v) is 6.13. The van der Waals surface area contributed by atoms with Gasteiger partial charge in [0.15, 0.2) is 0 Å². The Kier molecular flexibility index (Phi) is 3.62. The molecule has 0 aliphatic rings. The minimum Gasteiger partial charge on any atom is -0.398 e. The van der Waals surface area contributed by atoms with Crippen molar-refractivity contribution in [2.75, 3.05) is 17.7 Å². The average molecular weight is 306 g/mol. The summed E-state index contributed by atoms with van der Waals surface area (Å²) in [5.41, 5.74) is 6.72. The third kappa shape index (κ3) is 2.51. The van der Waals surface area contributed by atoms with Crippen LogP contribution in [0.4, 0.5) is 11.5 Å². The first-order valence-electron chi connectivity index (χ1n) is 5.33. The molecular formula is C13H12BrN3O. The van der Waals surface area contributed by atoms with E-state index in [0.29, 0.717) is 17.1 Å². The number of carbonyl (C=O) groups is 1. The summed E-state index contributed by atoms with van der Waals surface area (Å²) in [6.07, 6.45) is 1.64. The first-order chi connectivity index (χ1) is 8.59. The zero-order valence-corrected chi connectivity index (χ0v) is 11.4. The average Bonchev–Trinajstić information content (AvgIpc) is 2.41. The summed E-state index contributed by atoms with van der Waals surface area (Å²) in [6, 6.07) is 10.6. The number of pyridine rings is 1. The normalized spacial score (nSPS) is 10.1. The van der Waals surface area contributed by atoms with Gasteiger partial charge in [-0.15, -0.1) is 0 Å². The Morgan fingerprint density at radius 3 is 2.78 bits per heavy atom. The van der Waals surface area contributed by atoms with Crippen LogP contribution in [0.15, 0.2) is 47.1 Å². The summed E-state index contributed by atoms with van der Waals surface area (Å²) in [5.74, 6) is 0.398. The fourth-order valence-electron chi connectivity index (χ4n) is 1.55. The molecule has 1 aromatic carbocycles. The van der Waals surface area contributed by atoms with Crippen molar-refractivity contribution in [3.05, 3.63) is 52.6 Å². The maximum absolute atomic E-state index is 12.3. The third-order valence-electron chi connectivity index (χ3n) is 2.54. The maximum atomic E-state index is 12.3. The monoisotopic (exact) mass is 305 g/mol. The van der Waals surface area contributed by atoms with Crippen LogP contribution in [0.5, 0.6) is 0 Å². The summed E-state index contributed by atoms with van der Waals surface area (Å²) < 4.78 is 0.814. The van der Waals surface area contributed by atoms with E-state index in [-0.39, 0.29) is 5.91 Å². The van der Waals surface area contributed by atoms with Gasteiger partial charge in [-0.25, -0.2) is 4.98 Å². The lowest BCUT2D eigenvalue weighted by atomic mass is 10.1. The standard InChI is InChI=1S/C13H12BrN3O/c1-17(12-4-2-3-7-16-12)13(18)10-8-9(14)5-6-11(10)15/h2-8H,15H2,1H3. The number of rotatable bonds is 2. The van der Waals surface area contributed by atoms with Gasteiger partial charge in [0, 0.05) is 23.4 Å². The summed E-state index contributed by atoms with van der Waals surface area (Å²) in [6.45, 7) is 0. The minimum absolute atomic E-state index is 0.187. The summed E-state index contributed by atoms with van der Waals surface area (Å²) in [5, 5.41) is 0. The van der Waals surface area contributed by atoms with E-state index in [1.165, 1.54) is 4.90 Å². The van der Waals surface area contributed by atoms with Gasteiger partial charge in [0.1, 0.15) is 5.82 Å². The smallest absolute Gasteiger partial charge is 0.261 e. The Bertz CT molecular complexity index is 572. The number of aromatic nitrogens is 1. The van der Waals surface area contributed by atoms with Crippen LogP contribution in [0.1, 0.15) is 10.4 Å². The van der Waals surface area contributed by atoms with E-state index in [1.54, 1.807) is 43.6 Å². The van der Waals surface area contributed by atoms with Crippen LogP contribution in [0.3, 0.4) is 0 Å². The van der Waals surface area contributed by atoms with Gasteiger partial charge < -0.3 is 5.73 Å². The van der Waals surface area contributed by atoms with Gasteiger partial charge in [0.25, 0.3) is 5.91 Å². The van der Waals surface area contributed by atoms with E-state index >= 15 is 0 Å². The lowest BCUT2D eigenvalue weighted by Gasteiger charge is -2.17. The molecule has 92 valence electrons. The molecule has 0 saturated heterocycles. The highest BCUT2D eigenvalue weighted by atomic mass is 79.9. The molecule has 0 radical (unpaired) electrons. The fraction of sp³-hybridized carbons (Fsp3) is 0.0769. The molecule has 0 spiro atoms. The van der Waals surface area contributed by atoms with Crippen LogP contribution in [0.25, 0.3) is 0 Å². The van der Waals surface area contributed by atoms with Gasteiger partial charge in [-0.2, -0.15) is 0 Å². The van der Waals surface area contributed by atoms with Crippen LogP contribution in [-0.2, 0) is 0 Å². The van der Waals surface area contributed by atoms with Crippen LogP contribution < -0.4 is 10.6 Å². The number of hydrogen-bond acceptors (Lipinski definition) is 3. The molecule has 5 heteroatoms. The molecule has 2 aromatic rings. The maximum Gasteiger partial charge on any atom is 0.261 e. The van der Waals surface area contributed by atoms with Gasteiger partial charge in [-0.3, -0.25) is 9.69 Å². The van der Waals surface area contributed by atoms with Crippen molar-refractivity contribution in [1.29, 1.82) is 0 Å². The van der Waals surface area contributed by atoms with E-state index < -0.39 is 0 Å². The molecule has 0 bridgehead atoms. The molecule has 0 aliphatic carbocycles. The SMILES string of the molecule is CN(C(=O)c1cc(Br)ccc1N)c1ccccn1. The van der Waals surface area contributed by atoms with Gasteiger partial charge in [0.05, 0.1) is 5.56 Å². The van der Waals surface area contributed by atoms with Crippen molar-refractivity contribution in [2.24, 2.45) is 0 Å². The molecule has 0 unspecified atom stereocenters. The largest absolute Gasteiger partial charge is 0.398 e. The number of nitrogen functional groups attached to an aromatic ring is 1. The van der Waals surface area contributed by atoms with Crippen LogP contribution in [-0.4, -0.2) is 17.9 Å². The summed E-state index contributed by atoms with van der Waals surface area (Å²) >= 11 is 3.33. The molecule has 4 nitrogen and oxygen atoms in total. The second-order valence-corrected chi connectivity index (χ2v) is 4.70. The number of carbonyl (C=O) groups excluding carboxylic acids is 1. The number of nitrogens with two attached hydrogens (primary N) is 1. The molecule has 0 saturated carbocycles. The Morgan fingerprint density at radius 2 is 2.11 bits per heavy atom. The van der Waals surface area contributed by atoms with Crippen LogP contribution in [0.2, 0.25) is 0 Å². The molecule has 1 amide bonds. The number of benzene rings is 1. The zero-order valence-electron chi connectivity index (χ0n) is 9.80. The van der Waals surface area contributed by atoms with E-state index in [4.69, 9.17) is 5.73 Å². The van der Waals surface area contributed by atoms with E-state index in [0.717, 1.165) is 4.47 Å². The van der Waals surface area contributed by atoms with E-state index in [2.05, 4.69) is 20.9 Å². The van der Waals surface area contributed by atoms with Crippen molar-refractivity contribution in [3.63, 3.8) is 0 Å².